The van der Waals surface area contributed by atoms with Crippen LogP contribution in [0.4, 0.5) is 0 Å². The van der Waals surface area contributed by atoms with Gasteiger partial charge < -0.3 is 4.74 Å². The first-order valence-corrected chi connectivity index (χ1v) is 9.42. The maximum atomic E-state index is 11.7. The topological polar surface area (TPSA) is 26.3 Å². The molecule has 0 aromatic rings. The molecule has 0 bridgehead atoms. The summed E-state index contributed by atoms with van der Waals surface area (Å²) >= 11 is 0. The van der Waals surface area contributed by atoms with E-state index >= 15 is 0 Å². The van der Waals surface area contributed by atoms with E-state index in [1.165, 1.54) is 51.4 Å². The lowest BCUT2D eigenvalue weighted by atomic mass is 9.70. The third-order valence-corrected chi connectivity index (χ3v) is 5.67. The zero-order valence-corrected chi connectivity index (χ0v) is 14.1. The summed E-state index contributed by atoms with van der Waals surface area (Å²) in [5.41, 5.74) is 0. The Morgan fingerprint density at radius 3 is 2.38 bits per heavy atom. The van der Waals surface area contributed by atoms with Crippen molar-refractivity contribution in [3.8, 4) is 0 Å². The quantitative estimate of drug-likeness (QED) is 0.605. The second kappa shape index (κ2) is 8.80. The lowest BCUT2D eigenvalue weighted by Crippen LogP contribution is -2.31. The summed E-state index contributed by atoms with van der Waals surface area (Å²) in [6.07, 6.45) is 15.0. The molecular weight excluding hydrogens is 260 g/mol. The number of esters is 1. The summed E-state index contributed by atoms with van der Waals surface area (Å²) in [4.78, 5) is 11.7. The highest BCUT2D eigenvalue weighted by Crippen LogP contribution is 2.41. The molecule has 0 aromatic carbocycles. The van der Waals surface area contributed by atoms with Crippen LogP contribution in [0.1, 0.15) is 90.9 Å². The zero-order chi connectivity index (χ0) is 15.1. The zero-order valence-electron chi connectivity index (χ0n) is 14.1. The van der Waals surface area contributed by atoms with Gasteiger partial charge in [0, 0.05) is 6.42 Å². The first kappa shape index (κ1) is 16.8. The number of hydrogen-bond acceptors (Lipinski definition) is 2. The maximum Gasteiger partial charge on any atom is 0.306 e. The van der Waals surface area contributed by atoms with E-state index in [0.717, 1.165) is 37.0 Å². The van der Waals surface area contributed by atoms with E-state index in [0.29, 0.717) is 6.42 Å². The van der Waals surface area contributed by atoms with Crippen LogP contribution in [0.15, 0.2) is 0 Å². The van der Waals surface area contributed by atoms with Gasteiger partial charge in [-0.3, -0.25) is 4.79 Å². The fourth-order valence-corrected chi connectivity index (χ4v) is 4.52. The van der Waals surface area contributed by atoms with Gasteiger partial charge >= 0.3 is 5.97 Å². The van der Waals surface area contributed by atoms with Gasteiger partial charge in [-0.2, -0.15) is 0 Å². The van der Waals surface area contributed by atoms with Gasteiger partial charge in [0.1, 0.15) is 6.10 Å². The Bertz CT molecular complexity index is 305. The molecule has 2 fully saturated rings. The molecule has 2 aliphatic carbocycles. The standard InChI is InChI=1S/C19H34O2/c1-3-6-15-10-12-16(13-11-15)17-8-5-9-18(14-17)21-19(20)7-4-2/h15-18H,3-14H2,1-2H3/t15?,16?,17-,18-/m1/s1. The van der Waals surface area contributed by atoms with Crippen molar-refractivity contribution in [2.45, 2.75) is 97.0 Å². The Hall–Kier alpha value is -0.530. The fraction of sp³-hybridized carbons (Fsp3) is 0.947. The van der Waals surface area contributed by atoms with E-state index in [2.05, 4.69) is 6.92 Å². The summed E-state index contributed by atoms with van der Waals surface area (Å²) in [7, 11) is 0. The minimum absolute atomic E-state index is 0.0230. The third kappa shape index (κ3) is 5.30. The van der Waals surface area contributed by atoms with Crippen molar-refractivity contribution in [1.29, 1.82) is 0 Å². The molecule has 2 atom stereocenters. The lowest BCUT2D eigenvalue weighted by Gasteiger charge is -2.38. The van der Waals surface area contributed by atoms with Crippen LogP contribution in [0, 0.1) is 17.8 Å². The van der Waals surface area contributed by atoms with Crippen LogP contribution < -0.4 is 0 Å². The van der Waals surface area contributed by atoms with Gasteiger partial charge in [-0.15, -0.1) is 0 Å². The number of hydrogen-bond donors (Lipinski definition) is 0. The summed E-state index contributed by atoms with van der Waals surface area (Å²) in [6, 6.07) is 0. The lowest BCUT2D eigenvalue weighted by molar-refractivity contribution is -0.151. The number of carbonyl (C=O) groups is 1. The van der Waals surface area contributed by atoms with Gasteiger partial charge in [-0.1, -0.05) is 39.5 Å². The van der Waals surface area contributed by atoms with Crippen LogP contribution in [0.5, 0.6) is 0 Å². The Kier molecular flexibility index (Phi) is 7.06. The van der Waals surface area contributed by atoms with Crippen molar-refractivity contribution in [2.75, 3.05) is 0 Å². The van der Waals surface area contributed by atoms with E-state index in [1.807, 2.05) is 6.92 Å². The van der Waals surface area contributed by atoms with E-state index in [-0.39, 0.29) is 12.1 Å². The molecule has 21 heavy (non-hydrogen) atoms. The van der Waals surface area contributed by atoms with Crippen LogP contribution in [-0.4, -0.2) is 12.1 Å². The van der Waals surface area contributed by atoms with Crippen LogP contribution in [0.2, 0.25) is 0 Å². The van der Waals surface area contributed by atoms with Crippen molar-refractivity contribution in [3.05, 3.63) is 0 Å². The van der Waals surface area contributed by atoms with Crippen LogP contribution in [-0.2, 0) is 9.53 Å². The normalized spacial score (nSPS) is 33.6. The van der Waals surface area contributed by atoms with Gasteiger partial charge in [0.15, 0.2) is 0 Å². The average Bonchev–Trinajstić information content (AvgIpc) is 2.49. The Morgan fingerprint density at radius 2 is 1.71 bits per heavy atom. The smallest absolute Gasteiger partial charge is 0.306 e. The summed E-state index contributed by atoms with van der Waals surface area (Å²) < 4.78 is 5.67. The fourth-order valence-electron chi connectivity index (χ4n) is 4.52. The molecule has 2 rings (SSSR count). The average molecular weight is 294 g/mol. The van der Waals surface area contributed by atoms with E-state index in [4.69, 9.17) is 4.74 Å². The molecule has 0 amide bonds. The summed E-state index contributed by atoms with van der Waals surface area (Å²) in [5, 5.41) is 0. The SMILES string of the molecule is CCCC(=O)O[C@@H]1CCC[C@@H](C2CCC(CCC)CC2)C1. The molecule has 0 radical (unpaired) electrons. The predicted molar refractivity (Wildman–Crippen MR) is 87.1 cm³/mol. The molecule has 0 spiro atoms. The molecule has 122 valence electrons. The second-order valence-corrected chi connectivity index (χ2v) is 7.36. The molecule has 0 heterocycles. The van der Waals surface area contributed by atoms with Crippen LogP contribution >= 0.6 is 0 Å². The van der Waals surface area contributed by atoms with Gasteiger partial charge in [-0.25, -0.2) is 0 Å². The minimum Gasteiger partial charge on any atom is -0.462 e. The Balaban J connectivity index is 1.75. The molecule has 0 unspecified atom stereocenters. The number of ether oxygens (including phenoxy) is 1. The number of rotatable bonds is 6. The molecule has 2 heteroatoms. The van der Waals surface area contributed by atoms with Crippen molar-refractivity contribution in [1.82, 2.24) is 0 Å². The van der Waals surface area contributed by atoms with Crippen LogP contribution in [0.3, 0.4) is 0 Å². The molecule has 2 nitrogen and oxygen atoms in total. The first-order chi connectivity index (χ1) is 10.2. The summed E-state index contributed by atoms with van der Waals surface area (Å²) in [5.74, 6) is 2.74. The van der Waals surface area contributed by atoms with Gasteiger partial charge in [0.2, 0.25) is 0 Å². The highest BCUT2D eigenvalue weighted by Gasteiger charge is 2.32. The Morgan fingerprint density at radius 1 is 0.952 bits per heavy atom. The maximum absolute atomic E-state index is 11.7. The second-order valence-electron chi connectivity index (χ2n) is 7.36. The monoisotopic (exact) mass is 294 g/mol. The molecule has 0 N–H and O–H groups in total. The molecule has 0 aliphatic heterocycles. The summed E-state index contributed by atoms with van der Waals surface area (Å²) in [6.45, 7) is 4.35. The highest BCUT2D eigenvalue weighted by atomic mass is 16.5. The molecular formula is C19H34O2. The van der Waals surface area contributed by atoms with Crippen molar-refractivity contribution in [3.63, 3.8) is 0 Å². The van der Waals surface area contributed by atoms with Crippen molar-refractivity contribution >= 4 is 5.97 Å². The minimum atomic E-state index is 0.0230. The van der Waals surface area contributed by atoms with E-state index < -0.39 is 0 Å². The van der Waals surface area contributed by atoms with E-state index in [1.54, 1.807) is 0 Å². The van der Waals surface area contributed by atoms with Crippen molar-refractivity contribution < 1.29 is 9.53 Å². The van der Waals surface area contributed by atoms with Gasteiger partial charge in [0.05, 0.1) is 0 Å². The van der Waals surface area contributed by atoms with E-state index in [9.17, 15) is 4.79 Å². The molecule has 0 saturated heterocycles. The third-order valence-electron chi connectivity index (χ3n) is 5.67. The molecule has 2 saturated carbocycles. The highest BCUT2D eigenvalue weighted by molar-refractivity contribution is 5.69. The predicted octanol–water partition coefficient (Wildman–Crippen LogP) is 5.50. The first-order valence-electron chi connectivity index (χ1n) is 9.42. The van der Waals surface area contributed by atoms with Gasteiger partial charge in [-0.05, 0) is 62.7 Å². The Labute approximate surface area is 131 Å². The van der Waals surface area contributed by atoms with Crippen molar-refractivity contribution in [2.24, 2.45) is 17.8 Å². The number of carbonyl (C=O) groups excluding carboxylic acids is 1. The largest absolute Gasteiger partial charge is 0.462 e. The molecule has 2 aliphatic rings. The van der Waals surface area contributed by atoms with Crippen LogP contribution in [0.25, 0.3) is 0 Å². The molecule has 0 aromatic heterocycles. The van der Waals surface area contributed by atoms with Gasteiger partial charge in [0.25, 0.3) is 0 Å².